The van der Waals surface area contributed by atoms with E-state index in [1.807, 2.05) is 0 Å². The van der Waals surface area contributed by atoms with Crippen molar-refractivity contribution < 1.29 is 34.9 Å². The maximum absolute atomic E-state index is 10.7. The molecule has 172 valence electrons. The van der Waals surface area contributed by atoms with E-state index >= 15 is 0 Å². The highest BCUT2D eigenvalue weighted by Crippen LogP contribution is 2.32. The van der Waals surface area contributed by atoms with Gasteiger partial charge in [-0.3, -0.25) is 35.1 Å². The number of carboxylic acids is 1. The molecule has 2 atom stereocenters. The number of nitrogens with zero attached hydrogens (tertiary/aromatic N) is 3. The molecule has 0 aliphatic heterocycles. The summed E-state index contributed by atoms with van der Waals surface area (Å²) in [5.41, 5.74) is 4.93. The lowest BCUT2D eigenvalue weighted by molar-refractivity contribution is -0.396. The molecule has 32 heavy (non-hydrogen) atoms. The van der Waals surface area contributed by atoms with E-state index in [0.717, 1.165) is 23.9 Å². The van der Waals surface area contributed by atoms with Gasteiger partial charge < -0.3 is 21.1 Å². The van der Waals surface area contributed by atoms with Crippen molar-refractivity contribution in [2.24, 2.45) is 5.73 Å². The van der Waals surface area contributed by atoms with Crippen LogP contribution in [0.5, 0.6) is 0 Å². The molecule has 2 aromatic rings. The Kier molecular flexibility index (Phi) is 10.1. The largest absolute Gasteiger partial charge is 0.481 e. The molecule has 14 nitrogen and oxygen atoms in total. The maximum atomic E-state index is 10.7. The van der Waals surface area contributed by atoms with Crippen molar-refractivity contribution in [2.75, 3.05) is 12.4 Å². The number of nitro benzene ring substituents is 3. The van der Waals surface area contributed by atoms with Crippen molar-refractivity contribution in [1.82, 2.24) is 0 Å². The molecule has 0 bridgehead atoms. The lowest BCUT2D eigenvalue weighted by atomic mass is 10.0. The van der Waals surface area contributed by atoms with E-state index in [9.17, 15) is 40.2 Å². The summed E-state index contributed by atoms with van der Waals surface area (Å²) in [5.74, 6) is -1.47. The van der Waals surface area contributed by atoms with E-state index in [1.165, 1.54) is 30.3 Å². The van der Waals surface area contributed by atoms with Crippen molar-refractivity contribution in [1.29, 1.82) is 0 Å². The number of aliphatic hydroxyl groups excluding tert-OH is 2. The van der Waals surface area contributed by atoms with Crippen LogP contribution >= 0.6 is 11.8 Å². The molecule has 2 unspecified atom stereocenters. The molecule has 2 rings (SSSR count). The Morgan fingerprint density at radius 1 is 0.969 bits per heavy atom. The highest BCUT2D eigenvalue weighted by molar-refractivity contribution is 8.00. The van der Waals surface area contributed by atoms with Gasteiger partial charge in [-0.05, 0) is 23.8 Å². The third kappa shape index (κ3) is 7.88. The summed E-state index contributed by atoms with van der Waals surface area (Å²) in [7, 11) is 0. The topological polar surface area (TPSA) is 233 Å². The predicted molar refractivity (Wildman–Crippen MR) is 111 cm³/mol. The Bertz CT molecular complexity index is 986. The first-order chi connectivity index (χ1) is 15.0. The Balaban J connectivity index is 0.000000323. The molecule has 0 radical (unpaired) electrons. The molecule has 0 saturated carbocycles. The molecule has 15 heteroatoms. The number of carboxylic acid groups (broad SMARTS) is 1. The van der Waals surface area contributed by atoms with Crippen LogP contribution in [-0.2, 0) is 4.79 Å². The van der Waals surface area contributed by atoms with Gasteiger partial charge in [-0.15, -0.1) is 11.8 Å². The Morgan fingerprint density at radius 2 is 1.50 bits per heavy atom. The first-order valence-electron chi connectivity index (χ1n) is 8.54. The molecule has 0 heterocycles. The first-order valence-corrected chi connectivity index (χ1v) is 9.52. The van der Waals surface area contributed by atoms with Crippen LogP contribution in [0.4, 0.5) is 17.1 Å². The highest BCUT2D eigenvalue weighted by Gasteiger charge is 2.20. The Hall–Kier alpha value is -3.66. The smallest absolute Gasteiger partial charge is 0.313 e. The fourth-order valence-electron chi connectivity index (χ4n) is 2.16. The minimum Gasteiger partial charge on any atom is -0.481 e. The van der Waals surface area contributed by atoms with Gasteiger partial charge in [0.15, 0.2) is 0 Å². The SMILES string of the molecule is NC(CO)C(O)c1ccc([N+](=O)[O-])cc1.O=C(O)CSc1ccc([N+](=O)[O-])cc1[N+](=O)[O-]. The lowest BCUT2D eigenvalue weighted by Gasteiger charge is -2.16. The number of non-ortho nitro benzene ring substituents is 2. The van der Waals surface area contributed by atoms with E-state index in [2.05, 4.69) is 0 Å². The van der Waals surface area contributed by atoms with Crippen LogP contribution in [0.1, 0.15) is 11.7 Å². The quantitative estimate of drug-likeness (QED) is 0.232. The molecule has 5 N–H and O–H groups in total. The molecule has 0 spiro atoms. The van der Waals surface area contributed by atoms with Crippen LogP contribution in [0, 0.1) is 30.3 Å². The number of nitro groups is 3. The van der Waals surface area contributed by atoms with E-state index in [1.54, 1.807) is 0 Å². The van der Waals surface area contributed by atoms with Gasteiger partial charge in [0.2, 0.25) is 0 Å². The number of nitrogens with two attached hydrogens (primary N) is 1. The number of benzene rings is 2. The number of hydrogen-bond donors (Lipinski definition) is 4. The summed E-state index contributed by atoms with van der Waals surface area (Å²) in [6.45, 7) is -0.349. The average Bonchev–Trinajstić information content (AvgIpc) is 2.76. The zero-order chi connectivity index (χ0) is 24.4. The van der Waals surface area contributed by atoms with Gasteiger partial charge in [-0.25, -0.2) is 0 Å². The third-order valence-electron chi connectivity index (χ3n) is 3.76. The number of carbonyl (C=O) groups is 1. The lowest BCUT2D eigenvalue weighted by Crippen LogP contribution is -2.31. The average molecular weight is 470 g/mol. The molecule has 0 aliphatic carbocycles. The number of aliphatic hydroxyl groups is 2. The minimum atomic E-state index is -1.12. The predicted octanol–water partition coefficient (Wildman–Crippen LogP) is 1.63. The Morgan fingerprint density at radius 3 is 1.94 bits per heavy atom. The second kappa shape index (κ2) is 12.3. The third-order valence-corrected chi connectivity index (χ3v) is 4.81. The highest BCUT2D eigenvalue weighted by atomic mass is 32.2. The van der Waals surface area contributed by atoms with E-state index in [0.29, 0.717) is 5.56 Å². The van der Waals surface area contributed by atoms with Crippen LogP contribution in [-0.4, -0.2) is 54.5 Å². The molecular weight excluding hydrogens is 452 g/mol. The minimum absolute atomic E-state index is 0.0523. The summed E-state index contributed by atoms with van der Waals surface area (Å²) in [6.07, 6.45) is -1.02. The summed E-state index contributed by atoms with van der Waals surface area (Å²) < 4.78 is 0. The van der Waals surface area contributed by atoms with Crippen molar-refractivity contribution >= 4 is 34.8 Å². The summed E-state index contributed by atoms with van der Waals surface area (Å²) in [6, 6.07) is 7.68. The van der Waals surface area contributed by atoms with Crippen molar-refractivity contribution in [3.8, 4) is 0 Å². The molecular formula is C17H18N4O10S. The first kappa shape index (κ1) is 26.4. The maximum Gasteiger partial charge on any atom is 0.313 e. The standard InChI is InChI=1S/C9H12N2O4.C8H6N2O6S/c10-8(5-12)9(13)6-1-3-7(4-2-6)11(14)15;11-8(12)4-17-7-2-1-5(9(13)14)3-6(7)10(15)16/h1-4,8-9,12-13H,5,10H2;1-3H,4H2,(H,11,12). The summed E-state index contributed by atoms with van der Waals surface area (Å²) in [5, 5.41) is 58.2. The molecule has 0 aliphatic rings. The van der Waals surface area contributed by atoms with E-state index in [4.69, 9.17) is 15.9 Å². The second-order valence-electron chi connectivity index (χ2n) is 5.99. The van der Waals surface area contributed by atoms with Gasteiger partial charge in [0.25, 0.3) is 17.1 Å². The number of hydrogen-bond acceptors (Lipinski definition) is 11. The fourth-order valence-corrected chi connectivity index (χ4v) is 2.89. The molecule has 0 saturated heterocycles. The van der Waals surface area contributed by atoms with Crippen LogP contribution in [0.25, 0.3) is 0 Å². The normalized spacial score (nSPS) is 12.1. The molecule has 0 amide bonds. The zero-order valence-corrected chi connectivity index (χ0v) is 17.0. The van der Waals surface area contributed by atoms with Gasteiger partial charge >= 0.3 is 5.97 Å². The van der Waals surface area contributed by atoms with E-state index < -0.39 is 44.3 Å². The van der Waals surface area contributed by atoms with Gasteiger partial charge in [0.05, 0.1) is 50.2 Å². The number of rotatable bonds is 9. The van der Waals surface area contributed by atoms with Gasteiger partial charge in [-0.1, -0.05) is 0 Å². The Labute approximate surface area is 183 Å². The van der Waals surface area contributed by atoms with Crippen molar-refractivity contribution in [3.63, 3.8) is 0 Å². The fraction of sp³-hybridized carbons (Fsp3) is 0.235. The second-order valence-corrected chi connectivity index (χ2v) is 7.01. The summed E-state index contributed by atoms with van der Waals surface area (Å²) >= 11 is 0.740. The van der Waals surface area contributed by atoms with Gasteiger partial charge in [-0.2, -0.15) is 0 Å². The van der Waals surface area contributed by atoms with Crippen LogP contribution in [0.3, 0.4) is 0 Å². The molecule has 2 aromatic carbocycles. The summed E-state index contributed by atoms with van der Waals surface area (Å²) in [4.78, 5) is 39.8. The monoisotopic (exact) mass is 470 g/mol. The van der Waals surface area contributed by atoms with Gasteiger partial charge in [0, 0.05) is 18.2 Å². The van der Waals surface area contributed by atoms with Gasteiger partial charge in [0.1, 0.15) is 0 Å². The molecule has 0 aromatic heterocycles. The van der Waals surface area contributed by atoms with Crippen LogP contribution < -0.4 is 5.73 Å². The van der Waals surface area contributed by atoms with Crippen LogP contribution in [0.2, 0.25) is 0 Å². The number of thioether (sulfide) groups is 1. The van der Waals surface area contributed by atoms with Crippen LogP contribution in [0.15, 0.2) is 47.4 Å². The van der Waals surface area contributed by atoms with E-state index in [-0.39, 0.29) is 22.9 Å². The number of aliphatic carboxylic acids is 1. The molecule has 0 fully saturated rings. The van der Waals surface area contributed by atoms with Crippen molar-refractivity contribution in [3.05, 3.63) is 78.4 Å². The zero-order valence-electron chi connectivity index (χ0n) is 16.1. The van der Waals surface area contributed by atoms with Crippen molar-refractivity contribution in [2.45, 2.75) is 17.0 Å².